The maximum Gasteiger partial charge on any atom is 0.122 e. The zero-order chi connectivity index (χ0) is 12.4. The first-order valence-corrected chi connectivity index (χ1v) is 7.24. The smallest absolute Gasteiger partial charge is 0.122 e. The number of fused-ring (bicyclic) bond motifs is 1. The van der Waals surface area contributed by atoms with Gasteiger partial charge in [0.05, 0.1) is 7.11 Å². The van der Waals surface area contributed by atoms with Crippen LogP contribution in [0.2, 0.25) is 0 Å². The first-order chi connectivity index (χ1) is 8.88. The number of ether oxygens (including phenoxy) is 1. The van der Waals surface area contributed by atoms with Crippen LogP contribution in [0, 0.1) is 11.8 Å². The molecule has 2 heteroatoms. The van der Waals surface area contributed by atoms with Crippen molar-refractivity contribution < 1.29 is 4.74 Å². The maximum atomic E-state index is 5.43. The lowest BCUT2D eigenvalue weighted by Crippen LogP contribution is -2.27. The van der Waals surface area contributed by atoms with Gasteiger partial charge in [-0.2, -0.15) is 0 Å². The molecular weight excluding hydrogens is 222 g/mol. The third-order valence-electron chi connectivity index (χ3n) is 4.79. The van der Waals surface area contributed by atoms with E-state index >= 15 is 0 Å². The molecule has 1 saturated heterocycles. The molecule has 0 spiro atoms. The monoisotopic (exact) mass is 245 g/mol. The SMILES string of the molecule is COc1ccccc1CCC1NCC2CCCC21. The zero-order valence-corrected chi connectivity index (χ0v) is 11.2. The summed E-state index contributed by atoms with van der Waals surface area (Å²) < 4.78 is 5.43. The molecule has 3 atom stereocenters. The second kappa shape index (κ2) is 5.31. The van der Waals surface area contributed by atoms with Crippen LogP contribution < -0.4 is 10.1 Å². The maximum absolute atomic E-state index is 5.43. The Hall–Kier alpha value is -1.02. The van der Waals surface area contributed by atoms with Gasteiger partial charge in [0, 0.05) is 6.04 Å². The van der Waals surface area contributed by atoms with Gasteiger partial charge >= 0.3 is 0 Å². The molecule has 1 aliphatic heterocycles. The van der Waals surface area contributed by atoms with Crippen LogP contribution in [-0.2, 0) is 6.42 Å². The standard InChI is InChI=1S/C16H23NO/c1-18-16-8-3-2-5-12(16)9-10-15-14-7-4-6-13(14)11-17-15/h2-3,5,8,13-15,17H,4,6-7,9-11H2,1H3. The quantitative estimate of drug-likeness (QED) is 0.880. The number of hydrogen-bond acceptors (Lipinski definition) is 2. The molecule has 0 aromatic heterocycles. The van der Waals surface area contributed by atoms with Crippen LogP contribution in [0.1, 0.15) is 31.2 Å². The molecule has 2 fully saturated rings. The fraction of sp³-hybridized carbons (Fsp3) is 0.625. The summed E-state index contributed by atoms with van der Waals surface area (Å²) in [5.74, 6) is 2.95. The predicted molar refractivity (Wildman–Crippen MR) is 73.9 cm³/mol. The Balaban J connectivity index is 1.61. The molecule has 3 unspecified atom stereocenters. The van der Waals surface area contributed by atoms with E-state index in [0.29, 0.717) is 0 Å². The topological polar surface area (TPSA) is 21.3 Å². The van der Waals surface area contributed by atoms with Gasteiger partial charge in [-0.3, -0.25) is 0 Å². The Morgan fingerprint density at radius 1 is 1.28 bits per heavy atom. The Labute approximate surface area is 110 Å². The van der Waals surface area contributed by atoms with Gasteiger partial charge in [-0.1, -0.05) is 24.6 Å². The lowest BCUT2D eigenvalue weighted by Gasteiger charge is -2.18. The average Bonchev–Trinajstić information content (AvgIpc) is 3.00. The normalized spacial score (nSPS) is 30.4. The molecule has 1 heterocycles. The molecule has 1 saturated carbocycles. The fourth-order valence-corrected chi connectivity index (χ4v) is 3.84. The molecule has 1 aromatic rings. The number of nitrogens with one attached hydrogen (secondary N) is 1. The lowest BCUT2D eigenvalue weighted by atomic mass is 9.90. The molecule has 2 nitrogen and oxygen atoms in total. The molecule has 0 radical (unpaired) electrons. The van der Waals surface area contributed by atoms with Gasteiger partial charge in [0.2, 0.25) is 0 Å². The minimum atomic E-state index is 0.738. The Bertz CT molecular complexity index is 404. The molecule has 3 rings (SSSR count). The summed E-state index contributed by atoms with van der Waals surface area (Å²) in [5.41, 5.74) is 1.35. The fourth-order valence-electron chi connectivity index (χ4n) is 3.84. The Morgan fingerprint density at radius 2 is 2.17 bits per heavy atom. The van der Waals surface area contributed by atoms with Crippen molar-refractivity contribution in [2.24, 2.45) is 11.8 Å². The van der Waals surface area contributed by atoms with Gasteiger partial charge in [-0.05, 0) is 55.7 Å². The minimum Gasteiger partial charge on any atom is -0.496 e. The summed E-state index contributed by atoms with van der Waals surface area (Å²) in [5, 5.41) is 3.73. The van der Waals surface area contributed by atoms with E-state index in [-0.39, 0.29) is 0 Å². The van der Waals surface area contributed by atoms with Crippen molar-refractivity contribution in [2.75, 3.05) is 13.7 Å². The summed E-state index contributed by atoms with van der Waals surface area (Å²) in [7, 11) is 1.76. The molecule has 2 aliphatic rings. The first kappa shape index (κ1) is 12.0. The largest absolute Gasteiger partial charge is 0.496 e. The van der Waals surface area contributed by atoms with Gasteiger partial charge in [0.25, 0.3) is 0 Å². The zero-order valence-electron chi connectivity index (χ0n) is 11.2. The summed E-state index contributed by atoms with van der Waals surface area (Å²) in [4.78, 5) is 0. The Kier molecular flexibility index (Phi) is 3.55. The third-order valence-corrected chi connectivity index (χ3v) is 4.79. The second-order valence-corrected chi connectivity index (χ2v) is 5.72. The molecule has 98 valence electrons. The number of hydrogen-bond donors (Lipinski definition) is 1. The highest BCUT2D eigenvalue weighted by Crippen LogP contribution is 2.39. The van der Waals surface area contributed by atoms with E-state index in [9.17, 15) is 0 Å². The van der Waals surface area contributed by atoms with Crippen molar-refractivity contribution in [3.63, 3.8) is 0 Å². The van der Waals surface area contributed by atoms with Crippen molar-refractivity contribution in [2.45, 2.75) is 38.1 Å². The number of aryl methyl sites for hydroxylation is 1. The van der Waals surface area contributed by atoms with Crippen LogP contribution in [0.5, 0.6) is 5.75 Å². The van der Waals surface area contributed by atoms with Crippen LogP contribution in [0.25, 0.3) is 0 Å². The van der Waals surface area contributed by atoms with E-state index in [2.05, 4.69) is 23.5 Å². The van der Waals surface area contributed by atoms with Gasteiger partial charge in [-0.25, -0.2) is 0 Å². The first-order valence-electron chi connectivity index (χ1n) is 7.24. The number of rotatable bonds is 4. The van der Waals surface area contributed by atoms with Crippen LogP contribution in [0.3, 0.4) is 0 Å². The lowest BCUT2D eigenvalue weighted by molar-refractivity contribution is 0.385. The molecule has 0 bridgehead atoms. The highest BCUT2D eigenvalue weighted by Gasteiger charge is 2.38. The third kappa shape index (κ3) is 2.26. The van der Waals surface area contributed by atoms with Crippen molar-refractivity contribution in [3.8, 4) is 5.75 Å². The molecule has 1 aromatic carbocycles. The van der Waals surface area contributed by atoms with Gasteiger partial charge < -0.3 is 10.1 Å². The molecular formula is C16H23NO. The number of methoxy groups -OCH3 is 1. The van der Waals surface area contributed by atoms with Crippen LogP contribution in [0.4, 0.5) is 0 Å². The van der Waals surface area contributed by atoms with Crippen molar-refractivity contribution in [1.29, 1.82) is 0 Å². The summed E-state index contributed by atoms with van der Waals surface area (Å²) in [6.07, 6.45) is 6.71. The van der Waals surface area contributed by atoms with Crippen molar-refractivity contribution in [3.05, 3.63) is 29.8 Å². The van der Waals surface area contributed by atoms with E-state index in [0.717, 1.165) is 30.0 Å². The van der Waals surface area contributed by atoms with Crippen molar-refractivity contribution >= 4 is 0 Å². The van der Waals surface area contributed by atoms with E-state index in [4.69, 9.17) is 4.74 Å². The summed E-state index contributed by atoms with van der Waals surface area (Å²) in [6, 6.07) is 9.15. The minimum absolute atomic E-state index is 0.738. The summed E-state index contributed by atoms with van der Waals surface area (Å²) >= 11 is 0. The number of benzene rings is 1. The molecule has 18 heavy (non-hydrogen) atoms. The summed E-state index contributed by atoms with van der Waals surface area (Å²) in [6.45, 7) is 1.25. The van der Waals surface area contributed by atoms with E-state index in [1.54, 1.807) is 7.11 Å². The number of para-hydroxylation sites is 1. The Morgan fingerprint density at radius 3 is 3.06 bits per heavy atom. The van der Waals surface area contributed by atoms with E-state index < -0.39 is 0 Å². The highest BCUT2D eigenvalue weighted by molar-refractivity contribution is 5.33. The van der Waals surface area contributed by atoms with Gasteiger partial charge in [-0.15, -0.1) is 0 Å². The molecule has 1 aliphatic carbocycles. The molecule has 0 amide bonds. The van der Waals surface area contributed by atoms with Gasteiger partial charge in [0.15, 0.2) is 0 Å². The van der Waals surface area contributed by atoms with Crippen LogP contribution >= 0.6 is 0 Å². The molecule has 1 N–H and O–H groups in total. The van der Waals surface area contributed by atoms with E-state index in [1.807, 2.05) is 6.07 Å². The highest BCUT2D eigenvalue weighted by atomic mass is 16.5. The van der Waals surface area contributed by atoms with Crippen LogP contribution in [-0.4, -0.2) is 19.7 Å². The van der Waals surface area contributed by atoms with Crippen molar-refractivity contribution in [1.82, 2.24) is 5.32 Å². The van der Waals surface area contributed by atoms with Crippen LogP contribution in [0.15, 0.2) is 24.3 Å². The second-order valence-electron chi connectivity index (χ2n) is 5.72. The van der Waals surface area contributed by atoms with E-state index in [1.165, 1.54) is 37.8 Å². The predicted octanol–water partition coefficient (Wildman–Crippen LogP) is 3.02. The average molecular weight is 245 g/mol. The van der Waals surface area contributed by atoms with Gasteiger partial charge in [0.1, 0.15) is 5.75 Å².